The molecule has 2 amide bonds. The molecule has 1 aromatic rings. The molecule has 0 radical (unpaired) electrons. The first-order valence-electron chi connectivity index (χ1n) is 7.07. The summed E-state index contributed by atoms with van der Waals surface area (Å²) in [5, 5.41) is -0.548. The van der Waals surface area contributed by atoms with E-state index in [1.807, 2.05) is 0 Å². The van der Waals surface area contributed by atoms with Crippen molar-refractivity contribution < 1.29 is 33.3 Å². The maximum atomic E-state index is 12.4. The van der Waals surface area contributed by atoms with E-state index in [0.717, 1.165) is 16.7 Å². The van der Waals surface area contributed by atoms with Crippen LogP contribution in [0.1, 0.15) is 5.56 Å². The van der Waals surface area contributed by atoms with E-state index in [4.69, 9.17) is 14.2 Å². The molecule has 25 heavy (non-hydrogen) atoms. The number of hydrogen-bond donors (Lipinski definition) is 0. The lowest BCUT2D eigenvalue weighted by molar-refractivity contribution is -0.143. The van der Waals surface area contributed by atoms with Crippen LogP contribution in [0.4, 0.5) is 4.79 Å². The second-order valence-corrected chi connectivity index (χ2v) is 5.78. The standard InChI is InChI=1S/C16H17NO7S/c1-21-9-5-11(22-2)10(12(6-9)23-3)7-13-15(19)17(16(20)25-13)8-14(18)24-4/h5-7H,8H2,1-4H3. The third-order valence-electron chi connectivity index (χ3n) is 3.42. The quantitative estimate of drug-likeness (QED) is 0.556. The summed E-state index contributed by atoms with van der Waals surface area (Å²) in [5.41, 5.74) is 0.481. The second-order valence-electron chi connectivity index (χ2n) is 4.79. The van der Waals surface area contributed by atoms with Crippen LogP contribution in [0, 0.1) is 0 Å². The van der Waals surface area contributed by atoms with Crippen molar-refractivity contribution in [2.45, 2.75) is 0 Å². The average molecular weight is 367 g/mol. The Bertz CT molecular complexity index is 719. The Morgan fingerprint density at radius 2 is 1.68 bits per heavy atom. The number of thioether (sulfide) groups is 1. The molecule has 1 saturated heterocycles. The molecule has 2 rings (SSSR count). The minimum atomic E-state index is -0.678. The number of rotatable bonds is 6. The molecule has 1 aromatic carbocycles. The molecule has 0 saturated carbocycles. The number of benzene rings is 1. The Kier molecular flexibility index (Phi) is 5.92. The number of imide groups is 1. The van der Waals surface area contributed by atoms with Crippen LogP contribution in [0.3, 0.4) is 0 Å². The maximum absolute atomic E-state index is 12.4. The molecule has 0 N–H and O–H groups in total. The highest BCUT2D eigenvalue weighted by atomic mass is 32.2. The van der Waals surface area contributed by atoms with Gasteiger partial charge in [-0.25, -0.2) is 0 Å². The minimum Gasteiger partial charge on any atom is -0.496 e. The zero-order valence-corrected chi connectivity index (χ0v) is 15.0. The highest BCUT2D eigenvalue weighted by Crippen LogP contribution is 2.39. The first-order chi connectivity index (χ1) is 11.9. The van der Waals surface area contributed by atoms with Crippen molar-refractivity contribution >= 4 is 35.0 Å². The number of carbonyl (C=O) groups is 3. The van der Waals surface area contributed by atoms with Gasteiger partial charge in [0.15, 0.2) is 0 Å². The SMILES string of the molecule is COC(=O)CN1C(=O)SC(=Cc2c(OC)cc(OC)cc2OC)C1=O. The van der Waals surface area contributed by atoms with E-state index in [9.17, 15) is 14.4 Å². The van der Waals surface area contributed by atoms with Crippen molar-refractivity contribution in [1.29, 1.82) is 0 Å². The van der Waals surface area contributed by atoms with Crippen LogP contribution in [0.2, 0.25) is 0 Å². The van der Waals surface area contributed by atoms with E-state index in [2.05, 4.69) is 4.74 Å². The van der Waals surface area contributed by atoms with Gasteiger partial charge in [0.2, 0.25) is 0 Å². The topological polar surface area (TPSA) is 91.4 Å². The van der Waals surface area contributed by atoms with Crippen LogP contribution in [0.5, 0.6) is 17.2 Å². The first-order valence-corrected chi connectivity index (χ1v) is 7.89. The number of hydrogen-bond acceptors (Lipinski definition) is 8. The van der Waals surface area contributed by atoms with Crippen LogP contribution in [-0.2, 0) is 14.3 Å². The zero-order chi connectivity index (χ0) is 18.6. The van der Waals surface area contributed by atoms with Gasteiger partial charge in [-0.15, -0.1) is 0 Å². The molecule has 0 aliphatic carbocycles. The first kappa shape index (κ1) is 18.7. The van der Waals surface area contributed by atoms with Gasteiger partial charge in [-0.1, -0.05) is 0 Å². The minimum absolute atomic E-state index is 0.149. The fourth-order valence-electron chi connectivity index (χ4n) is 2.14. The van der Waals surface area contributed by atoms with Gasteiger partial charge in [0.25, 0.3) is 11.1 Å². The van der Waals surface area contributed by atoms with Crippen LogP contribution in [0.15, 0.2) is 17.0 Å². The number of nitrogens with zero attached hydrogens (tertiary/aromatic N) is 1. The van der Waals surface area contributed by atoms with Crippen molar-refractivity contribution in [2.75, 3.05) is 35.0 Å². The van der Waals surface area contributed by atoms with Crippen molar-refractivity contribution in [3.8, 4) is 17.2 Å². The van der Waals surface area contributed by atoms with Gasteiger partial charge in [-0.2, -0.15) is 0 Å². The maximum Gasteiger partial charge on any atom is 0.325 e. The molecular weight excluding hydrogens is 350 g/mol. The molecule has 1 heterocycles. The normalized spacial score (nSPS) is 15.5. The summed E-state index contributed by atoms with van der Waals surface area (Å²) in [6.45, 7) is -0.435. The summed E-state index contributed by atoms with van der Waals surface area (Å²) in [6, 6.07) is 3.26. The van der Waals surface area contributed by atoms with Gasteiger partial charge in [-0.3, -0.25) is 19.3 Å². The predicted molar refractivity (Wildman–Crippen MR) is 90.8 cm³/mol. The molecule has 0 atom stereocenters. The van der Waals surface area contributed by atoms with Crippen molar-refractivity contribution in [2.24, 2.45) is 0 Å². The Balaban J connectivity index is 2.42. The van der Waals surface area contributed by atoms with Gasteiger partial charge in [0.05, 0.1) is 38.9 Å². The number of ether oxygens (including phenoxy) is 4. The second kappa shape index (κ2) is 7.93. The number of carbonyl (C=O) groups excluding carboxylic acids is 3. The molecule has 134 valence electrons. The summed E-state index contributed by atoms with van der Waals surface area (Å²) in [5.74, 6) is 0.0834. The highest BCUT2D eigenvalue weighted by molar-refractivity contribution is 8.18. The van der Waals surface area contributed by atoms with Gasteiger partial charge in [0.1, 0.15) is 23.8 Å². The predicted octanol–water partition coefficient (Wildman–Crippen LogP) is 1.92. The van der Waals surface area contributed by atoms with Gasteiger partial charge in [0, 0.05) is 12.1 Å². The largest absolute Gasteiger partial charge is 0.496 e. The highest BCUT2D eigenvalue weighted by Gasteiger charge is 2.37. The van der Waals surface area contributed by atoms with E-state index in [1.165, 1.54) is 34.5 Å². The van der Waals surface area contributed by atoms with Crippen molar-refractivity contribution in [1.82, 2.24) is 4.90 Å². The Hall–Kier alpha value is -2.68. The molecule has 0 aromatic heterocycles. The third kappa shape index (κ3) is 3.87. The Morgan fingerprint density at radius 3 is 2.16 bits per heavy atom. The third-order valence-corrected chi connectivity index (χ3v) is 4.32. The summed E-state index contributed by atoms with van der Waals surface area (Å²) in [6.07, 6.45) is 1.49. The van der Waals surface area contributed by atoms with Gasteiger partial charge >= 0.3 is 5.97 Å². The van der Waals surface area contributed by atoms with E-state index in [0.29, 0.717) is 22.8 Å². The van der Waals surface area contributed by atoms with Crippen molar-refractivity contribution in [3.63, 3.8) is 0 Å². The van der Waals surface area contributed by atoms with E-state index in [-0.39, 0.29) is 4.91 Å². The summed E-state index contributed by atoms with van der Waals surface area (Å²) in [7, 11) is 5.62. The molecule has 8 nitrogen and oxygen atoms in total. The average Bonchev–Trinajstić information content (AvgIpc) is 2.88. The Morgan fingerprint density at radius 1 is 1.08 bits per heavy atom. The van der Waals surface area contributed by atoms with E-state index in [1.54, 1.807) is 12.1 Å². The van der Waals surface area contributed by atoms with Crippen LogP contribution in [0.25, 0.3) is 6.08 Å². The summed E-state index contributed by atoms with van der Waals surface area (Å²) >= 11 is 0.726. The lowest BCUT2D eigenvalue weighted by Gasteiger charge is -2.13. The van der Waals surface area contributed by atoms with Crippen LogP contribution in [-0.4, -0.2) is 57.0 Å². The molecule has 9 heteroatoms. The zero-order valence-electron chi connectivity index (χ0n) is 14.2. The number of amides is 2. The molecule has 1 aliphatic heterocycles. The molecule has 0 spiro atoms. The fraction of sp³-hybridized carbons (Fsp3) is 0.312. The molecule has 1 aliphatic rings. The lowest BCUT2D eigenvalue weighted by atomic mass is 10.1. The van der Waals surface area contributed by atoms with E-state index < -0.39 is 23.7 Å². The van der Waals surface area contributed by atoms with Gasteiger partial charge < -0.3 is 18.9 Å². The van der Waals surface area contributed by atoms with Gasteiger partial charge in [-0.05, 0) is 17.8 Å². The van der Waals surface area contributed by atoms with Crippen molar-refractivity contribution in [3.05, 3.63) is 22.6 Å². The fourth-order valence-corrected chi connectivity index (χ4v) is 2.96. The number of esters is 1. The molecular formula is C16H17NO7S. The summed E-state index contributed by atoms with van der Waals surface area (Å²) in [4.78, 5) is 36.7. The number of methoxy groups -OCH3 is 4. The molecule has 1 fully saturated rings. The lowest BCUT2D eigenvalue weighted by Crippen LogP contribution is -2.34. The molecule has 0 unspecified atom stereocenters. The Labute approximate surface area is 148 Å². The van der Waals surface area contributed by atoms with E-state index >= 15 is 0 Å². The monoisotopic (exact) mass is 367 g/mol. The van der Waals surface area contributed by atoms with Crippen LogP contribution < -0.4 is 14.2 Å². The van der Waals surface area contributed by atoms with Crippen LogP contribution >= 0.6 is 11.8 Å². The smallest absolute Gasteiger partial charge is 0.325 e. The molecule has 0 bridgehead atoms. The summed E-state index contributed by atoms with van der Waals surface area (Å²) < 4.78 is 20.3.